The van der Waals surface area contributed by atoms with Crippen molar-refractivity contribution in [2.24, 2.45) is 0 Å². The molecule has 2 heteroatoms. The van der Waals surface area contributed by atoms with E-state index in [0.717, 1.165) is 29.5 Å². The van der Waals surface area contributed by atoms with Gasteiger partial charge in [-0.2, -0.15) is 0 Å². The Balaban J connectivity index is 0.000000960. The number of benzene rings is 2. The number of hydrogen-bond acceptors (Lipinski definition) is 2. The molecule has 0 unspecified atom stereocenters. The third kappa shape index (κ3) is 2.11. The van der Waals surface area contributed by atoms with E-state index >= 15 is 0 Å². The average molecular weight is 280 g/mol. The van der Waals surface area contributed by atoms with E-state index < -0.39 is 0 Å². The number of nitrogens with one attached hydrogen (secondary N) is 2. The summed E-state index contributed by atoms with van der Waals surface area (Å²) in [6.07, 6.45) is 3.74. The molecule has 0 saturated heterocycles. The van der Waals surface area contributed by atoms with Gasteiger partial charge in [0.1, 0.15) is 5.82 Å². The van der Waals surface area contributed by atoms with Crippen LogP contribution in [0.2, 0.25) is 0 Å². The third-order valence-electron chi connectivity index (χ3n) is 4.46. The predicted molar refractivity (Wildman–Crippen MR) is 93.8 cm³/mol. The highest BCUT2D eigenvalue weighted by Gasteiger charge is 2.27. The minimum atomic E-state index is 0. The number of hydrogen-bond donors (Lipinski definition) is 2. The Morgan fingerprint density at radius 1 is 1.14 bits per heavy atom. The van der Waals surface area contributed by atoms with Crippen LogP contribution in [0.1, 0.15) is 39.7 Å². The summed E-state index contributed by atoms with van der Waals surface area (Å²) in [7, 11) is 0. The van der Waals surface area contributed by atoms with Gasteiger partial charge in [-0.05, 0) is 59.6 Å². The van der Waals surface area contributed by atoms with E-state index in [-0.39, 0.29) is 2.85 Å². The van der Waals surface area contributed by atoms with Crippen molar-refractivity contribution in [1.29, 1.82) is 0 Å². The van der Waals surface area contributed by atoms with Gasteiger partial charge in [-0.3, -0.25) is 0 Å². The Morgan fingerprint density at radius 2 is 1.95 bits per heavy atom. The highest BCUT2D eigenvalue weighted by atomic mass is 15.2. The molecule has 2 nitrogen and oxygen atoms in total. The van der Waals surface area contributed by atoms with Crippen molar-refractivity contribution in [2.45, 2.75) is 32.1 Å². The van der Waals surface area contributed by atoms with Crippen LogP contribution < -0.4 is 10.6 Å². The van der Waals surface area contributed by atoms with Gasteiger partial charge < -0.3 is 10.6 Å². The van der Waals surface area contributed by atoms with Crippen LogP contribution in [0.3, 0.4) is 0 Å². The number of aryl methyl sites for hydroxylation is 1. The molecule has 1 heterocycles. The highest BCUT2D eigenvalue weighted by molar-refractivity contribution is 5.85. The zero-order valence-corrected chi connectivity index (χ0v) is 12.4. The standard InChI is InChI=1S/C19H20N2.2H2/c1-3-13-5-4-6-16(14-7-8-14)19(13)15-9-10-17-18(11-15)21-12(2)20-17;;/h4-6,9-11,14,20-21H,2-3,7-8H2,1H3;2*1H. The molecule has 0 amide bonds. The summed E-state index contributed by atoms with van der Waals surface area (Å²) < 4.78 is 0. The second kappa shape index (κ2) is 4.66. The SMILES string of the molecule is C=C1Nc2ccc(-c3c(CC)cccc3C3CC3)cc2N1.[HH].[HH]. The highest BCUT2D eigenvalue weighted by Crippen LogP contribution is 2.46. The Morgan fingerprint density at radius 3 is 2.71 bits per heavy atom. The second-order valence-electron chi connectivity index (χ2n) is 6.00. The Hall–Kier alpha value is -2.22. The van der Waals surface area contributed by atoms with Crippen molar-refractivity contribution in [2.75, 3.05) is 10.6 Å². The molecule has 1 aliphatic carbocycles. The van der Waals surface area contributed by atoms with Crippen molar-refractivity contribution in [3.8, 4) is 11.1 Å². The summed E-state index contributed by atoms with van der Waals surface area (Å²) >= 11 is 0. The van der Waals surface area contributed by atoms with Crippen molar-refractivity contribution < 1.29 is 2.85 Å². The molecule has 0 atom stereocenters. The zero-order chi connectivity index (χ0) is 14.4. The molecule has 0 bridgehead atoms. The maximum Gasteiger partial charge on any atom is 0.100 e. The molecule has 21 heavy (non-hydrogen) atoms. The Kier molecular flexibility index (Phi) is 2.78. The lowest BCUT2D eigenvalue weighted by atomic mass is 9.90. The number of fused-ring (bicyclic) bond motifs is 1. The third-order valence-corrected chi connectivity index (χ3v) is 4.46. The van der Waals surface area contributed by atoms with Crippen LogP contribution in [0, 0.1) is 0 Å². The molecule has 1 saturated carbocycles. The first-order chi connectivity index (χ1) is 10.3. The van der Waals surface area contributed by atoms with Crippen LogP contribution in [-0.4, -0.2) is 0 Å². The first kappa shape index (κ1) is 12.5. The first-order valence-electron chi connectivity index (χ1n) is 7.75. The molecule has 0 radical (unpaired) electrons. The van der Waals surface area contributed by atoms with Crippen molar-refractivity contribution in [3.63, 3.8) is 0 Å². The molecule has 0 aromatic heterocycles. The maximum atomic E-state index is 3.94. The molecule has 1 fully saturated rings. The lowest BCUT2D eigenvalue weighted by molar-refractivity contribution is 1.08. The smallest absolute Gasteiger partial charge is 0.100 e. The molecule has 4 rings (SSSR count). The van der Waals surface area contributed by atoms with Crippen LogP contribution in [0.4, 0.5) is 11.4 Å². The first-order valence-corrected chi connectivity index (χ1v) is 7.75. The van der Waals surface area contributed by atoms with Gasteiger partial charge in [-0.15, -0.1) is 0 Å². The largest absolute Gasteiger partial charge is 0.341 e. The molecule has 2 aromatic carbocycles. The van der Waals surface area contributed by atoms with Gasteiger partial charge in [0.05, 0.1) is 11.4 Å². The molecule has 2 aliphatic rings. The van der Waals surface area contributed by atoms with Crippen LogP contribution >= 0.6 is 0 Å². The lowest BCUT2D eigenvalue weighted by Gasteiger charge is -2.15. The summed E-state index contributed by atoms with van der Waals surface area (Å²) in [5, 5.41) is 6.55. The van der Waals surface area contributed by atoms with Gasteiger partial charge in [0.25, 0.3) is 0 Å². The van der Waals surface area contributed by atoms with E-state index in [0.29, 0.717) is 0 Å². The summed E-state index contributed by atoms with van der Waals surface area (Å²) in [5.74, 6) is 1.62. The van der Waals surface area contributed by atoms with Crippen LogP contribution in [0.15, 0.2) is 48.8 Å². The van der Waals surface area contributed by atoms with Gasteiger partial charge >= 0.3 is 0 Å². The minimum Gasteiger partial charge on any atom is -0.341 e. The summed E-state index contributed by atoms with van der Waals surface area (Å²) in [4.78, 5) is 0. The van der Waals surface area contributed by atoms with E-state index in [4.69, 9.17) is 0 Å². The predicted octanol–water partition coefficient (Wildman–Crippen LogP) is 5.59. The van der Waals surface area contributed by atoms with Crippen LogP contribution in [-0.2, 0) is 6.42 Å². The molecular weight excluding hydrogens is 256 g/mol. The summed E-state index contributed by atoms with van der Waals surface area (Å²) in [6, 6.07) is 13.4. The lowest BCUT2D eigenvalue weighted by Crippen LogP contribution is -1.95. The second-order valence-corrected chi connectivity index (χ2v) is 6.00. The van der Waals surface area contributed by atoms with E-state index in [2.05, 4.69) is 60.5 Å². The summed E-state index contributed by atoms with van der Waals surface area (Å²) in [5.41, 5.74) is 7.99. The van der Waals surface area contributed by atoms with Crippen LogP contribution in [0.25, 0.3) is 11.1 Å². The van der Waals surface area contributed by atoms with Gasteiger partial charge in [0, 0.05) is 2.85 Å². The molecular formula is C19H24N2. The fourth-order valence-electron chi connectivity index (χ4n) is 3.27. The van der Waals surface area contributed by atoms with Gasteiger partial charge in [-0.25, -0.2) is 0 Å². The van der Waals surface area contributed by atoms with Crippen molar-refractivity contribution in [3.05, 3.63) is 59.9 Å². The molecule has 1 aliphatic heterocycles. The van der Waals surface area contributed by atoms with Gasteiger partial charge in [0.15, 0.2) is 0 Å². The fraction of sp³-hybridized carbons (Fsp3) is 0.263. The van der Waals surface area contributed by atoms with Crippen molar-refractivity contribution >= 4 is 11.4 Å². The van der Waals surface area contributed by atoms with E-state index in [1.165, 1.54) is 35.1 Å². The van der Waals surface area contributed by atoms with Crippen molar-refractivity contribution in [1.82, 2.24) is 0 Å². The quantitative estimate of drug-likeness (QED) is 0.765. The molecule has 2 N–H and O–H groups in total. The number of anilines is 2. The minimum absolute atomic E-state index is 0. The maximum absolute atomic E-state index is 3.94. The van der Waals surface area contributed by atoms with Crippen LogP contribution in [0.5, 0.6) is 0 Å². The molecule has 110 valence electrons. The van der Waals surface area contributed by atoms with Gasteiger partial charge in [-0.1, -0.05) is 37.8 Å². The monoisotopic (exact) mass is 280 g/mol. The Labute approximate surface area is 128 Å². The van der Waals surface area contributed by atoms with E-state index in [1.54, 1.807) is 0 Å². The van der Waals surface area contributed by atoms with E-state index in [1.807, 2.05) is 0 Å². The topological polar surface area (TPSA) is 24.1 Å². The average Bonchev–Trinajstić information content (AvgIpc) is 3.27. The fourth-order valence-corrected chi connectivity index (χ4v) is 3.27. The molecule has 2 aromatic rings. The summed E-state index contributed by atoms with van der Waals surface area (Å²) in [6.45, 7) is 6.18. The van der Waals surface area contributed by atoms with Gasteiger partial charge in [0.2, 0.25) is 0 Å². The van der Waals surface area contributed by atoms with E-state index in [9.17, 15) is 0 Å². The Bertz CT molecular complexity index is 736. The normalized spacial score (nSPS) is 16.3. The molecule has 0 spiro atoms. The zero-order valence-electron chi connectivity index (χ0n) is 12.4. The number of rotatable bonds is 3.